The van der Waals surface area contributed by atoms with Crippen molar-refractivity contribution in [2.24, 2.45) is 0 Å². The minimum Gasteiger partial charge on any atom is -0.366 e. The number of hydrogen-bond acceptors (Lipinski definition) is 6. The van der Waals surface area contributed by atoms with E-state index in [0.29, 0.717) is 17.4 Å². The second kappa shape index (κ2) is 7.28. The molecular weight excluding hydrogens is 370 g/mol. The fourth-order valence-corrected chi connectivity index (χ4v) is 4.17. The van der Waals surface area contributed by atoms with Crippen molar-refractivity contribution in [1.82, 2.24) is 14.7 Å². The van der Waals surface area contributed by atoms with Crippen LogP contribution < -0.4 is 10.5 Å². The van der Waals surface area contributed by atoms with Gasteiger partial charge in [-0.25, -0.2) is 0 Å². The van der Waals surface area contributed by atoms with Crippen molar-refractivity contribution in [1.29, 1.82) is 0 Å². The minimum absolute atomic E-state index is 0.0418. The average molecular weight is 390 g/mol. The summed E-state index contributed by atoms with van der Waals surface area (Å²) in [6.45, 7) is 3.78. The zero-order valence-electron chi connectivity index (χ0n) is 14.8. The lowest BCUT2D eigenvalue weighted by molar-refractivity contribution is -0.384. The number of non-ortho nitro benzene ring substituents is 1. The van der Waals surface area contributed by atoms with E-state index in [2.05, 4.69) is 14.9 Å². The number of aromatic nitrogens is 2. The summed E-state index contributed by atoms with van der Waals surface area (Å²) in [4.78, 5) is 27.7. The Balaban J connectivity index is 1.60. The van der Waals surface area contributed by atoms with Gasteiger partial charge in [0, 0.05) is 37.8 Å². The molecule has 8 nitrogen and oxygen atoms in total. The van der Waals surface area contributed by atoms with Crippen LogP contribution in [0, 0.1) is 10.1 Å². The Bertz CT molecular complexity index is 914. The molecule has 2 aliphatic rings. The number of nitrogens with zero attached hydrogens (tertiary/aromatic N) is 5. The third-order valence-electron chi connectivity index (χ3n) is 5.38. The standard InChI is InChI=1S/C18H20ClN5O3/c19-17-16(22-10-9-21-8-2-1-3-15(21)12-22)11-20-23(18(17)25)13-4-6-14(7-5-13)24(26)27/h4-7,11,15H,1-3,8-10,12H2. The van der Waals surface area contributed by atoms with E-state index in [1.807, 2.05) is 0 Å². The van der Waals surface area contributed by atoms with Crippen LogP contribution in [0.4, 0.5) is 11.4 Å². The van der Waals surface area contributed by atoms with Crippen LogP contribution in [-0.2, 0) is 0 Å². The first-order chi connectivity index (χ1) is 13.0. The van der Waals surface area contributed by atoms with E-state index < -0.39 is 10.5 Å². The molecule has 4 rings (SSSR count). The van der Waals surface area contributed by atoms with E-state index >= 15 is 0 Å². The molecular formula is C18H20ClN5O3. The normalized spacial score (nSPS) is 20.3. The van der Waals surface area contributed by atoms with E-state index in [-0.39, 0.29) is 10.7 Å². The number of halogens is 1. The maximum absolute atomic E-state index is 12.7. The van der Waals surface area contributed by atoms with Crippen molar-refractivity contribution in [3.63, 3.8) is 0 Å². The number of piperidine rings is 1. The number of fused-ring (bicyclic) bond motifs is 1. The Kier molecular flexibility index (Phi) is 4.84. The highest BCUT2D eigenvalue weighted by atomic mass is 35.5. The fraction of sp³-hybridized carbons (Fsp3) is 0.444. The molecule has 1 aromatic carbocycles. The monoisotopic (exact) mass is 389 g/mol. The van der Waals surface area contributed by atoms with Gasteiger partial charge in [-0.2, -0.15) is 9.78 Å². The lowest BCUT2D eigenvalue weighted by Gasteiger charge is -2.44. The topological polar surface area (TPSA) is 84.5 Å². The predicted molar refractivity (Wildman–Crippen MR) is 103 cm³/mol. The Morgan fingerprint density at radius 2 is 1.93 bits per heavy atom. The van der Waals surface area contributed by atoms with Crippen molar-refractivity contribution < 1.29 is 4.92 Å². The smallest absolute Gasteiger partial charge is 0.292 e. The van der Waals surface area contributed by atoms with Gasteiger partial charge < -0.3 is 4.90 Å². The molecule has 142 valence electrons. The fourth-order valence-electron chi connectivity index (χ4n) is 3.92. The van der Waals surface area contributed by atoms with Gasteiger partial charge in [-0.3, -0.25) is 19.8 Å². The molecule has 27 heavy (non-hydrogen) atoms. The average Bonchev–Trinajstić information content (AvgIpc) is 2.70. The van der Waals surface area contributed by atoms with Crippen LogP contribution >= 0.6 is 11.6 Å². The molecule has 0 saturated carbocycles. The summed E-state index contributed by atoms with van der Waals surface area (Å²) in [5.41, 5.74) is 0.634. The summed E-state index contributed by atoms with van der Waals surface area (Å²) in [5, 5.41) is 15.2. The van der Waals surface area contributed by atoms with Gasteiger partial charge in [-0.15, -0.1) is 0 Å². The van der Waals surface area contributed by atoms with Gasteiger partial charge in [0.2, 0.25) is 0 Å². The van der Waals surface area contributed by atoms with Crippen molar-refractivity contribution in [2.75, 3.05) is 31.1 Å². The molecule has 2 aliphatic heterocycles. The molecule has 0 N–H and O–H groups in total. The zero-order valence-corrected chi connectivity index (χ0v) is 15.5. The second-order valence-electron chi connectivity index (χ2n) is 6.97. The van der Waals surface area contributed by atoms with Crippen LogP contribution in [0.3, 0.4) is 0 Å². The lowest BCUT2D eigenvalue weighted by atomic mass is 9.99. The maximum Gasteiger partial charge on any atom is 0.292 e. The van der Waals surface area contributed by atoms with E-state index in [1.54, 1.807) is 6.20 Å². The summed E-state index contributed by atoms with van der Waals surface area (Å²) >= 11 is 6.40. The minimum atomic E-state index is -0.485. The molecule has 0 amide bonds. The first-order valence-electron chi connectivity index (χ1n) is 9.06. The SMILES string of the molecule is O=c1c(Cl)c(N2CCN3CCCCC3C2)cnn1-c1ccc([N+](=O)[O-])cc1. The van der Waals surface area contributed by atoms with Gasteiger partial charge in [0.1, 0.15) is 5.02 Å². The van der Waals surface area contributed by atoms with Crippen LogP contribution in [0.5, 0.6) is 0 Å². The van der Waals surface area contributed by atoms with Crippen molar-refractivity contribution in [3.8, 4) is 5.69 Å². The predicted octanol–water partition coefficient (Wildman–Crippen LogP) is 2.47. The molecule has 1 aromatic heterocycles. The molecule has 9 heteroatoms. The van der Waals surface area contributed by atoms with Crippen LogP contribution in [0.1, 0.15) is 19.3 Å². The molecule has 2 saturated heterocycles. The van der Waals surface area contributed by atoms with Gasteiger partial charge in [-0.1, -0.05) is 18.0 Å². The zero-order chi connectivity index (χ0) is 19.0. The van der Waals surface area contributed by atoms with Crippen LogP contribution in [0.15, 0.2) is 35.3 Å². The third-order valence-corrected chi connectivity index (χ3v) is 5.74. The Morgan fingerprint density at radius 1 is 1.15 bits per heavy atom. The molecule has 0 bridgehead atoms. The Hall–Kier alpha value is -2.45. The van der Waals surface area contributed by atoms with Crippen LogP contribution in [0.25, 0.3) is 5.69 Å². The molecule has 1 atom stereocenters. The highest BCUT2D eigenvalue weighted by Gasteiger charge is 2.30. The highest BCUT2D eigenvalue weighted by Crippen LogP contribution is 2.28. The summed E-state index contributed by atoms with van der Waals surface area (Å²) in [6.07, 6.45) is 5.28. The van der Waals surface area contributed by atoms with E-state index in [0.717, 1.165) is 26.2 Å². The van der Waals surface area contributed by atoms with Crippen molar-refractivity contribution in [3.05, 3.63) is 56.0 Å². The number of benzene rings is 1. The molecule has 2 fully saturated rings. The summed E-state index contributed by atoms with van der Waals surface area (Å²) in [7, 11) is 0. The molecule has 0 radical (unpaired) electrons. The molecule has 3 heterocycles. The molecule has 1 unspecified atom stereocenters. The lowest BCUT2D eigenvalue weighted by Crippen LogP contribution is -2.55. The molecule has 2 aromatic rings. The van der Waals surface area contributed by atoms with Crippen molar-refractivity contribution in [2.45, 2.75) is 25.3 Å². The maximum atomic E-state index is 12.7. The number of anilines is 1. The van der Waals surface area contributed by atoms with Gasteiger partial charge >= 0.3 is 0 Å². The van der Waals surface area contributed by atoms with Crippen LogP contribution in [-0.4, -0.2) is 51.8 Å². The number of rotatable bonds is 3. The van der Waals surface area contributed by atoms with Crippen molar-refractivity contribution >= 4 is 23.0 Å². The van der Waals surface area contributed by atoms with Gasteiger partial charge in [0.25, 0.3) is 11.2 Å². The summed E-state index contributed by atoms with van der Waals surface area (Å²) in [5.74, 6) is 0. The largest absolute Gasteiger partial charge is 0.366 e. The number of nitro groups is 1. The summed E-state index contributed by atoms with van der Waals surface area (Å²) in [6, 6.07) is 6.16. The Morgan fingerprint density at radius 3 is 2.67 bits per heavy atom. The number of piperazine rings is 1. The molecule has 0 spiro atoms. The highest BCUT2D eigenvalue weighted by molar-refractivity contribution is 6.33. The second-order valence-corrected chi connectivity index (χ2v) is 7.34. The van der Waals surface area contributed by atoms with E-state index in [4.69, 9.17) is 11.6 Å². The molecule has 0 aliphatic carbocycles. The number of nitro benzene ring substituents is 1. The Labute approximate surface area is 161 Å². The van der Waals surface area contributed by atoms with Crippen LogP contribution in [0.2, 0.25) is 5.02 Å². The summed E-state index contributed by atoms with van der Waals surface area (Å²) < 4.78 is 1.17. The van der Waals surface area contributed by atoms with Gasteiger partial charge in [0.15, 0.2) is 0 Å². The number of hydrogen-bond donors (Lipinski definition) is 0. The van der Waals surface area contributed by atoms with Gasteiger partial charge in [0.05, 0.1) is 22.5 Å². The first-order valence-corrected chi connectivity index (χ1v) is 9.44. The third kappa shape index (κ3) is 3.42. The van der Waals surface area contributed by atoms with E-state index in [1.165, 1.54) is 48.2 Å². The first kappa shape index (κ1) is 17.9. The van der Waals surface area contributed by atoms with Gasteiger partial charge in [-0.05, 0) is 31.5 Å². The van der Waals surface area contributed by atoms with E-state index in [9.17, 15) is 14.9 Å². The quantitative estimate of drug-likeness (QED) is 0.592.